The summed E-state index contributed by atoms with van der Waals surface area (Å²) in [6.07, 6.45) is 1.60. The lowest BCUT2D eigenvalue weighted by molar-refractivity contribution is -0.384. The smallest absolute Gasteiger partial charge is 0.343 e. The van der Waals surface area contributed by atoms with Crippen molar-refractivity contribution in [2.75, 3.05) is 0 Å². The van der Waals surface area contributed by atoms with Gasteiger partial charge in [0.2, 0.25) is 0 Å². The lowest BCUT2D eigenvalue weighted by Gasteiger charge is -2.15. The Bertz CT molecular complexity index is 1420. The van der Waals surface area contributed by atoms with E-state index in [1.54, 1.807) is 42.5 Å². The van der Waals surface area contributed by atoms with Crippen molar-refractivity contribution in [3.63, 3.8) is 0 Å². The highest BCUT2D eigenvalue weighted by molar-refractivity contribution is 8.26. The van der Waals surface area contributed by atoms with Crippen LogP contribution in [0.25, 0.3) is 6.08 Å². The number of hydrogen-bond acceptors (Lipinski definition) is 8. The van der Waals surface area contributed by atoms with Gasteiger partial charge in [-0.2, -0.15) is 5.01 Å². The molecular formula is C25H17N3O6S2. The topological polar surface area (TPSA) is 119 Å². The number of aryl methyl sites for hydroxylation is 1. The van der Waals surface area contributed by atoms with Crippen LogP contribution in [0.2, 0.25) is 0 Å². The Balaban J connectivity index is 1.42. The van der Waals surface area contributed by atoms with Crippen molar-refractivity contribution in [3.05, 3.63) is 110 Å². The second-order valence-electron chi connectivity index (χ2n) is 7.59. The molecule has 0 unspecified atom stereocenters. The first-order chi connectivity index (χ1) is 17.2. The van der Waals surface area contributed by atoms with E-state index in [1.165, 1.54) is 30.3 Å². The van der Waals surface area contributed by atoms with Gasteiger partial charge in [-0.05, 0) is 61.1 Å². The van der Waals surface area contributed by atoms with Crippen LogP contribution in [0.1, 0.15) is 31.8 Å². The average Bonchev–Trinajstić information content (AvgIpc) is 3.12. The van der Waals surface area contributed by atoms with Crippen LogP contribution >= 0.6 is 24.0 Å². The normalized spacial score (nSPS) is 14.1. The summed E-state index contributed by atoms with van der Waals surface area (Å²) in [6, 6.07) is 18.5. The summed E-state index contributed by atoms with van der Waals surface area (Å²) in [5.74, 6) is -1.44. The highest BCUT2D eigenvalue weighted by Crippen LogP contribution is 2.32. The Hall–Kier alpha value is -4.35. The summed E-state index contributed by atoms with van der Waals surface area (Å²) in [7, 11) is 0. The predicted octanol–water partition coefficient (Wildman–Crippen LogP) is 4.67. The maximum atomic E-state index is 12.8. The molecule has 0 atom stereocenters. The Labute approximate surface area is 214 Å². The Kier molecular flexibility index (Phi) is 7.23. The third-order valence-electron chi connectivity index (χ3n) is 5.00. The fourth-order valence-corrected chi connectivity index (χ4v) is 4.31. The molecule has 11 heteroatoms. The van der Waals surface area contributed by atoms with Gasteiger partial charge in [0.1, 0.15) is 5.75 Å². The van der Waals surface area contributed by atoms with E-state index in [0.29, 0.717) is 16.0 Å². The highest BCUT2D eigenvalue weighted by atomic mass is 32.2. The minimum absolute atomic E-state index is 0.0460. The summed E-state index contributed by atoms with van der Waals surface area (Å²) < 4.78 is 5.47. The van der Waals surface area contributed by atoms with Gasteiger partial charge in [-0.1, -0.05) is 47.7 Å². The van der Waals surface area contributed by atoms with Gasteiger partial charge in [-0.25, -0.2) is 4.79 Å². The van der Waals surface area contributed by atoms with Gasteiger partial charge in [-0.15, -0.1) is 0 Å². The maximum Gasteiger partial charge on any atom is 0.343 e. The zero-order valence-electron chi connectivity index (χ0n) is 18.7. The van der Waals surface area contributed by atoms with Gasteiger partial charge in [0.25, 0.3) is 17.5 Å². The van der Waals surface area contributed by atoms with Gasteiger partial charge >= 0.3 is 5.97 Å². The zero-order chi connectivity index (χ0) is 25.8. The van der Waals surface area contributed by atoms with Gasteiger partial charge in [-0.3, -0.25) is 25.1 Å². The number of rotatable bonds is 6. The molecule has 0 spiro atoms. The molecule has 3 aromatic rings. The maximum absolute atomic E-state index is 12.8. The standard InChI is InChI=1S/C25H17N3O6S2/c1-15-5-9-17(10-6-15)22(29)26-27-23(30)21(36-25(27)35)13-16-7-11-20(12-8-16)34-24(31)18-3-2-4-19(14-18)28(32)33/h2-14H,1H3,(H,26,29)/b21-13+. The highest BCUT2D eigenvalue weighted by Gasteiger charge is 2.33. The van der Waals surface area contributed by atoms with E-state index in [-0.39, 0.29) is 21.3 Å². The number of nitrogens with one attached hydrogen (secondary N) is 1. The molecule has 1 aliphatic heterocycles. The summed E-state index contributed by atoms with van der Waals surface area (Å²) in [6.45, 7) is 1.91. The van der Waals surface area contributed by atoms with Crippen LogP contribution in [0.15, 0.2) is 77.7 Å². The number of nitro benzene ring substituents is 1. The second kappa shape index (κ2) is 10.5. The number of amides is 2. The monoisotopic (exact) mass is 519 g/mol. The SMILES string of the molecule is Cc1ccc(C(=O)NN2C(=O)/C(=C\c3ccc(OC(=O)c4cccc([N+](=O)[O-])c4)cc3)SC2=S)cc1. The third kappa shape index (κ3) is 5.65. The summed E-state index contributed by atoms with van der Waals surface area (Å²) in [5.41, 5.74) is 4.40. The number of ether oxygens (including phenoxy) is 1. The van der Waals surface area contributed by atoms with Gasteiger partial charge < -0.3 is 4.74 Å². The number of carbonyl (C=O) groups excluding carboxylic acids is 3. The molecule has 4 rings (SSSR count). The number of benzene rings is 3. The van der Waals surface area contributed by atoms with Crippen LogP contribution < -0.4 is 10.2 Å². The molecule has 1 aliphatic rings. The predicted molar refractivity (Wildman–Crippen MR) is 138 cm³/mol. The van der Waals surface area contributed by atoms with Crippen molar-refractivity contribution in [2.45, 2.75) is 6.92 Å². The molecule has 2 amide bonds. The summed E-state index contributed by atoms with van der Waals surface area (Å²) >= 11 is 6.30. The van der Waals surface area contributed by atoms with Gasteiger partial charge in [0.05, 0.1) is 15.4 Å². The fraction of sp³-hybridized carbons (Fsp3) is 0.0400. The van der Waals surface area contributed by atoms with Crippen LogP contribution in [0.4, 0.5) is 5.69 Å². The van der Waals surface area contributed by atoms with Crippen molar-refractivity contribution in [3.8, 4) is 5.75 Å². The molecule has 0 saturated carbocycles. The first-order valence-corrected chi connectivity index (χ1v) is 11.7. The molecule has 36 heavy (non-hydrogen) atoms. The Morgan fingerprint density at radius 3 is 2.42 bits per heavy atom. The number of nitrogens with zero attached hydrogens (tertiary/aromatic N) is 2. The van der Waals surface area contributed by atoms with Crippen molar-refractivity contribution < 1.29 is 24.0 Å². The van der Waals surface area contributed by atoms with E-state index in [2.05, 4.69) is 5.43 Å². The molecule has 3 aromatic carbocycles. The van der Waals surface area contributed by atoms with Gasteiger partial charge in [0, 0.05) is 17.7 Å². The lowest BCUT2D eigenvalue weighted by Crippen LogP contribution is -2.44. The molecule has 1 N–H and O–H groups in total. The van der Waals surface area contributed by atoms with Crippen molar-refractivity contribution in [1.29, 1.82) is 0 Å². The first-order valence-electron chi connectivity index (χ1n) is 10.4. The van der Waals surface area contributed by atoms with Crippen LogP contribution in [0.3, 0.4) is 0 Å². The van der Waals surface area contributed by atoms with Crippen molar-refractivity contribution in [1.82, 2.24) is 10.4 Å². The minimum Gasteiger partial charge on any atom is -0.423 e. The van der Waals surface area contributed by atoms with Crippen molar-refractivity contribution in [2.24, 2.45) is 0 Å². The number of nitro groups is 1. The molecule has 0 aliphatic carbocycles. The number of hydrazine groups is 1. The average molecular weight is 520 g/mol. The molecule has 0 radical (unpaired) electrons. The van der Waals surface area contributed by atoms with Crippen LogP contribution in [0.5, 0.6) is 5.75 Å². The zero-order valence-corrected chi connectivity index (χ0v) is 20.3. The fourth-order valence-electron chi connectivity index (χ4n) is 3.13. The second-order valence-corrected chi connectivity index (χ2v) is 9.27. The Morgan fingerprint density at radius 1 is 1.06 bits per heavy atom. The van der Waals surface area contributed by atoms with E-state index in [9.17, 15) is 24.5 Å². The quantitative estimate of drug-likeness (QED) is 0.125. The first kappa shape index (κ1) is 24.8. The van der Waals surface area contributed by atoms with Crippen LogP contribution in [0, 0.1) is 17.0 Å². The number of thiocarbonyl (C=S) groups is 1. The number of esters is 1. The van der Waals surface area contributed by atoms with E-state index < -0.39 is 22.7 Å². The van der Waals surface area contributed by atoms with Crippen LogP contribution in [-0.4, -0.2) is 32.0 Å². The number of thioether (sulfide) groups is 1. The van der Waals surface area contributed by atoms with E-state index in [0.717, 1.165) is 28.4 Å². The van der Waals surface area contributed by atoms with E-state index in [4.69, 9.17) is 17.0 Å². The summed E-state index contributed by atoms with van der Waals surface area (Å²) in [4.78, 5) is 48.2. The number of non-ortho nitro benzene ring substituents is 1. The lowest BCUT2D eigenvalue weighted by atomic mass is 10.1. The number of hydrogen-bond donors (Lipinski definition) is 1. The molecule has 0 aromatic heterocycles. The largest absolute Gasteiger partial charge is 0.423 e. The number of carbonyl (C=O) groups is 3. The summed E-state index contributed by atoms with van der Waals surface area (Å²) in [5, 5.41) is 11.9. The molecule has 1 saturated heterocycles. The Morgan fingerprint density at radius 2 is 1.75 bits per heavy atom. The molecule has 1 heterocycles. The molecular weight excluding hydrogens is 502 g/mol. The van der Waals surface area contributed by atoms with Crippen molar-refractivity contribution >= 4 is 57.8 Å². The molecule has 180 valence electrons. The molecule has 1 fully saturated rings. The minimum atomic E-state index is -0.739. The van der Waals surface area contributed by atoms with E-state index >= 15 is 0 Å². The van der Waals surface area contributed by atoms with Gasteiger partial charge in [0.15, 0.2) is 4.32 Å². The van der Waals surface area contributed by atoms with Crippen LogP contribution in [-0.2, 0) is 4.79 Å². The molecule has 9 nitrogen and oxygen atoms in total. The third-order valence-corrected chi connectivity index (χ3v) is 6.30. The van der Waals surface area contributed by atoms with E-state index in [1.807, 2.05) is 6.92 Å². The molecule has 0 bridgehead atoms.